The predicted octanol–water partition coefficient (Wildman–Crippen LogP) is 4.54. The molecule has 2 aromatic carbocycles. The lowest BCUT2D eigenvalue weighted by atomic mass is 9.94. The SMILES string of the molecule is CCN(CC)CCCN1C(=O)c2c(c(C)c3c(oc4cc(OC)ccc43)c2C)C1=O. The maximum atomic E-state index is 13.2. The van der Waals surface area contributed by atoms with Crippen molar-refractivity contribution in [1.82, 2.24) is 9.80 Å². The minimum atomic E-state index is -0.213. The zero-order chi connectivity index (χ0) is 21.6. The van der Waals surface area contributed by atoms with Crippen molar-refractivity contribution in [2.75, 3.05) is 33.3 Å². The maximum absolute atomic E-state index is 13.2. The largest absolute Gasteiger partial charge is 0.497 e. The summed E-state index contributed by atoms with van der Waals surface area (Å²) in [5.41, 5.74) is 3.89. The van der Waals surface area contributed by atoms with Gasteiger partial charge in [-0.05, 0) is 57.6 Å². The molecule has 0 saturated heterocycles. The molecule has 4 rings (SSSR count). The van der Waals surface area contributed by atoms with Crippen molar-refractivity contribution < 1.29 is 18.7 Å². The van der Waals surface area contributed by atoms with Crippen LogP contribution in [0.3, 0.4) is 0 Å². The number of fused-ring (bicyclic) bond motifs is 4. The summed E-state index contributed by atoms with van der Waals surface area (Å²) in [6.45, 7) is 11.2. The van der Waals surface area contributed by atoms with E-state index in [0.717, 1.165) is 48.0 Å². The molecule has 0 fully saturated rings. The van der Waals surface area contributed by atoms with Gasteiger partial charge in [-0.1, -0.05) is 13.8 Å². The van der Waals surface area contributed by atoms with Gasteiger partial charge in [0.05, 0.1) is 18.2 Å². The van der Waals surface area contributed by atoms with Crippen LogP contribution in [-0.4, -0.2) is 54.9 Å². The molecule has 0 saturated carbocycles. The van der Waals surface area contributed by atoms with E-state index in [1.165, 1.54) is 4.90 Å². The van der Waals surface area contributed by atoms with Crippen LogP contribution in [0.5, 0.6) is 5.75 Å². The van der Waals surface area contributed by atoms with Crippen molar-refractivity contribution in [2.45, 2.75) is 34.1 Å². The number of benzene rings is 2. The highest BCUT2D eigenvalue weighted by Gasteiger charge is 2.40. The van der Waals surface area contributed by atoms with Gasteiger partial charge in [0.1, 0.15) is 16.9 Å². The van der Waals surface area contributed by atoms with Gasteiger partial charge in [0.25, 0.3) is 11.8 Å². The van der Waals surface area contributed by atoms with Crippen LogP contribution >= 0.6 is 0 Å². The number of methoxy groups -OCH3 is 1. The van der Waals surface area contributed by atoms with Crippen molar-refractivity contribution in [3.8, 4) is 5.75 Å². The van der Waals surface area contributed by atoms with E-state index in [2.05, 4.69) is 18.7 Å². The molecule has 0 N–H and O–H groups in total. The molecule has 30 heavy (non-hydrogen) atoms. The van der Waals surface area contributed by atoms with Crippen molar-refractivity contribution in [1.29, 1.82) is 0 Å². The lowest BCUT2D eigenvalue weighted by molar-refractivity contribution is 0.0647. The van der Waals surface area contributed by atoms with Crippen molar-refractivity contribution >= 4 is 33.8 Å². The quantitative estimate of drug-likeness (QED) is 0.537. The summed E-state index contributed by atoms with van der Waals surface area (Å²) in [6.07, 6.45) is 0.768. The van der Waals surface area contributed by atoms with Crippen LogP contribution in [0, 0.1) is 13.8 Å². The first-order valence-corrected chi connectivity index (χ1v) is 10.5. The zero-order valence-corrected chi connectivity index (χ0v) is 18.3. The molecule has 1 aliphatic rings. The number of rotatable bonds is 7. The minimum absolute atomic E-state index is 0.195. The highest BCUT2D eigenvalue weighted by atomic mass is 16.5. The molecule has 0 bridgehead atoms. The maximum Gasteiger partial charge on any atom is 0.261 e. The number of imide groups is 1. The molecule has 0 radical (unpaired) electrons. The topological polar surface area (TPSA) is 63.0 Å². The summed E-state index contributed by atoms with van der Waals surface area (Å²) in [7, 11) is 1.61. The highest BCUT2D eigenvalue weighted by Crippen LogP contribution is 2.41. The van der Waals surface area contributed by atoms with Crippen LogP contribution in [0.2, 0.25) is 0 Å². The fourth-order valence-corrected chi connectivity index (χ4v) is 4.55. The standard InChI is InChI=1S/C24H28N2O4/c1-6-25(7-2)11-8-12-26-23(27)20-14(3)19-17-10-9-16(29-5)13-18(17)30-22(19)15(4)21(20)24(26)28/h9-10,13H,6-8,11-12H2,1-5H3. The van der Waals surface area contributed by atoms with Gasteiger partial charge in [-0.3, -0.25) is 14.5 Å². The van der Waals surface area contributed by atoms with Gasteiger partial charge in [-0.25, -0.2) is 0 Å². The first-order chi connectivity index (χ1) is 14.4. The molecule has 6 heteroatoms. The summed E-state index contributed by atoms with van der Waals surface area (Å²) in [5, 5.41) is 1.82. The van der Waals surface area contributed by atoms with Crippen molar-refractivity contribution in [3.05, 3.63) is 40.5 Å². The highest BCUT2D eigenvalue weighted by molar-refractivity contribution is 6.26. The molecular weight excluding hydrogens is 380 g/mol. The number of ether oxygens (including phenoxy) is 1. The summed E-state index contributed by atoms with van der Waals surface area (Å²) in [4.78, 5) is 30.1. The Morgan fingerprint density at radius 1 is 1.03 bits per heavy atom. The fraction of sp³-hybridized carbons (Fsp3) is 0.417. The van der Waals surface area contributed by atoms with E-state index < -0.39 is 0 Å². The number of carbonyl (C=O) groups excluding carboxylic acids is 2. The van der Waals surface area contributed by atoms with E-state index in [9.17, 15) is 9.59 Å². The Balaban J connectivity index is 1.76. The lowest BCUT2D eigenvalue weighted by Gasteiger charge is -2.20. The molecule has 1 aliphatic heterocycles. The average Bonchev–Trinajstić information content (AvgIpc) is 3.25. The molecule has 2 heterocycles. The van der Waals surface area contributed by atoms with E-state index in [-0.39, 0.29) is 11.8 Å². The van der Waals surface area contributed by atoms with Gasteiger partial charge in [0.2, 0.25) is 0 Å². The Hall–Kier alpha value is -2.86. The third-order valence-electron chi connectivity index (χ3n) is 6.28. The number of aryl methyl sites for hydroxylation is 2. The van der Waals surface area contributed by atoms with E-state index >= 15 is 0 Å². The first-order valence-electron chi connectivity index (χ1n) is 10.5. The van der Waals surface area contributed by atoms with Crippen molar-refractivity contribution in [3.63, 3.8) is 0 Å². The van der Waals surface area contributed by atoms with Gasteiger partial charge in [-0.2, -0.15) is 0 Å². The van der Waals surface area contributed by atoms with E-state index in [4.69, 9.17) is 9.15 Å². The number of hydrogen-bond acceptors (Lipinski definition) is 5. The fourth-order valence-electron chi connectivity index (χ4n) is 4.55. The molecule has 2 amide bonds. The molecule has 0 spiro atoms. The number of amides is 2. The summed E-state index contributed by atoms with van der Waals surface area (Å²) < 4.78 is 11.4. The second-order valence-corrected chi connectivity index (χ2v) is 7.81. The molecule has 158 valence electrons. The van der Waals surface area contributed by atoms with Crippen LogP contribution in [0.1, 0.15) is 52.1 Å². The number of nitrogens with zero attached hydrogens (tertiary/aromatic N) is 2. The van der Waals surface area contributed by atoms with Crippen molar-refractivity contribution in [2.24, 2.45) is 0 Å². The smallest absolute Gasteiger partial charge is 0.261 e. The molecule has 0 atom stereocenters. The summed E-state index contributed by atoms with van der Waals surface area (Å²) in [5.74, 6) is 0.297. The van der Waals surface area contributed by atoms with Gasteiger partial charge in [-0.15, -0.1) is 0 Å². The molecule has 3 aromatic rings. The van der Waals surface area contributed by atoms with E-state index in [0.29, 0.717) is 34.6 Å². The Morgan fingerprint density at radius 2 is 1.70 bits per heavy atom. The number of hydrogen-bond donors (Lipinski definition) is 0. The normalized spacial score (nSPS) is 13.9. The zero-order valence-electron chi connectivity index (χ0n) is 18.3. The molecular formula is C24H28N2O4. The van der Waals surface area contributed by atoms with E-state index in [1.54, 1.807) is 7.11 Å². The van der Waals surface area contributed by atoms with Crippen LogP contribution in [0.25, 0.3) is 21.9 Å². The third kappa shape index (κ3) is 2.98. The van der Waals surface area contributed by atoms with Crippen LogP contribution < -0.4 is 4.74 Å². The number of carbonyl (C=O) groups is 2. The monoisotopic (exact) mass is 408 g/mol. The van der Waals surface area contributed by atoms with Crippen LogP contribution in [0.4, 0.5) is 0 Å². The second kappa shape index (κ2) is 7.76. The Morgan fingerprint density at radius 3 is 2.33 bits per heavy atom. The Labute approximate surface area is 176 Å². The molecule has 1 aromatic heterocycles. The van der Waals surface area contributed by atoms with Crippen LogP contribution in [0.15, 0.2) is 22.6 Å². The van der Waals surface area contributed by atoms with Gasteiger partial charge in [0, 0.05) is 28.9 Å². The minimum Gasteiger partial charge on any atom is -0.497 e. The molecule has 6 nitrogen and oxygen atoms in total. The first kappa shape index (κ1) is 20.4. The number of furan rings is 1. The predicted molar refractivity (Wildman–Crippen MR) is 118 cm³/mol. The van der Waals surface area contributed by atoms with Gasteiger partial charge in [0.15, 0.2) is 0 Å². The lowest BCUT2D eigenvalue weighted by Crippen LogP contribution is -2.33. The van der Waals surface area contributed by atoms with Gasteiger partial charge >= 0.3 is 0 Å². The Bertz CT molecular complexity index is 1160. The second-order valence-electron chi connectivity index (χ2n) is 7.81. The molecule has 0 aliphatic carbocycles. The summed E-state index contributed by atoms with van der Waals surface area (Å²) in [6, 6.07) is 5.66. The van der Waals surface area contributed by atoms with E-state index in [1.807, 2.05) is 32.0 Å². The van der Waals surface area contributed by atoms with Gasteiger partial charge < -0.3 is 14.1 Å². The Kier molecular flexibility index (Phi) is 5.28. The van der Waals surface area contributed by atoms with Crippen LogP contribution in [-0.2, 0) is 0 Å². The average molecular weight is 408 g/mol. The summed E-state index contributed by atoms with van der Waals surface area (Å²) >= 11 is 0. The molecule has 0 unspecified atom stereocenters. The third-order valence-corrected chi connectivity index (χ3v) is 6.28.